The highest BCUT2D eigenvalue weighted by molar-refractivity contribution is 7.47. The van der Waals surface area contributed by atoms with E-state index in [1.54, 1.807) is 0 Å². The Morgan fingerprint density at radius 3 is 1.44 bits per heavy atom. The molecule has 0 saturated heterocycles. The minimum Gasteiger partial charge on any atom is -0.462 e. The Hall–Kier alpha value is -2.55. The van der Waals surface area contributed by atoms with E-state index in [0.717, 1.165) is 70.6 Å². The van der Waals surface area contributed by atoms with Gasteiger partial charge in [0.2, 0.25) is 0 Å². The van der Waals surface area contributed by atoms with Crippen LogP contribution < -0.4 is 0 Å². The molecular formula is C49H87NO8P+. The van der Waals surface area contributed by atoms with Gasteiger partial charge in [-0.2, -0.15) is 0 Å². The van der Waals surface area contributed by atoms with Gasteiger partial charge in [0.15, 0.2) is 6.10 Å². The summed E-state index contributed by atoms with van der Waals surface area (Å²) in [4.78, 5) is 35.4. The van der Waals surface area contributed by atoms with Crippen LogP contribution in [0.4, 0.5) is 0 Å². The van der Waals surface area contributed by atoms with Crippen molar-refractivity contribution in [3.8, 4) is 0 Å². The molecule has 0 aromatic carbocycles. The van der Waals surface area contributed by atoms with E-state index in [-0.39, 0.29) is 32.0 Å². The summed E-state index contributed by atoms with van der Waals surface area (Å²) in [5.41, 5.74) is 0. The largest absolute Gasteiger partial charge is 0.472 e. The van der Waals surface area contributed by atoms with E-state index in [1.807, 2.05) is 21.1 Å². The first-order valence-electron chi connectivity index (χ1n) is 23.2. The van der Waals surface area contributed by atoms with Crippen LogP contribution in [0.25, 0.3) is 0 Å². The molecule has 0 amide bonds. The first-order valence-corrected chi connectivity index (χ1v) is 24.7. The van der Waals surface area contributed by atoms with Crippen LogP contribution in [0.2, 0.25) is 0 Å². The van der Waals surface area contributed by atoms with E-state index >= 15 is 0 Å². The lowest BCUT2D eigenvalue weighted by Crippen LogP contribution is -2.37. The van der Waals surface area contributed by atoms with Crippen LogP contribution in [-0.4, -0.2) is 74.9 Å². The smallest absolute Gasteiger partial charge is 0.462 e. The van der Waals surface area contributed by atoms with Crippen LogP contribution in [0.1, 0.15) is 174 Å². The van der Waals surface area contributed by atoms with Crippen molar-refractivity contribution in [3.05, 3.63) is 72.9 Å². The standard InChI is InChI=1S/C49H86NO8P/c1-6-8-10-12-14-16-18-20-22-23-24-25-26-27-28-30-32-34-36-38-40-42-49(52)58-47(46-57-59(53,54)56-44-43-50(3,4)5)45-55-48(51)41-39-37-35-33-31-29-21-19-17-15-13-11-9-7-2/h8,10,14,16,20,22,24-25,27-28,32,34,47H,6-7,9,11-13,15,17-19,21,23,26,29-31,33,35-46H2,1-5H3/p+1/b10-8-,16-14-,22-20-,25-24-,28-27-,34-32-. The number of carbonyl (C=O) groups excluding carboxylic acids is 2. The van der Waals surface area contributed by atoms with Crippen LogP contribution in [0, 0.1) is 0 Å². The lowest BCUT2D eigenvalue weighted by atomic mass is 10.0. The fourth-order valence-corrected chi connectivity index (χ4v) is 6.64. The highest BCUT2D eigenvalue weighted by Gasteiger charge is 2.27. The second-order valence-electron chi connectivity index (χ2n) is 16.4. The quantitative estimate of drug-likeness (QED) is 0.0213. The van der Waals surface area contributed by atoms with Crippen LogP contribution in [0.5, 0.6) is 0 Å². The maximum Gasteiger partial charge on any atom is 0.472 e. The van der Waals surface area contributed by atoms with E-state index in [1.165, 1.54) is 70.6 Å². The van der Waals surface area contributed by atoms with E-state index in [0.29, 0.717) is 17.4 Å². The monoisotopic (exact) mass is 849 g/mol. The topological polar surface area (TPSA) is 108 Å². The number of ether oxygens (including phenoxy) is 2. The van der Waals surface area contributed by atoms with Crippen molar-refractivity contribution in [2.45, 2.75) is 180 Å². The fraction of sp³-hybridized carbons (Fsp3) is 0.714. The van der Waals surface area contributed by atoms with Crippen molar-refractivity contribution in [2.24, 2.45) is 0 Å². The van der Waals surface area contributed by atoms with Gasteiger partial charge in [0.25, 0.3) is 0 Å². The van der Waals surface area contributed by atoms with Gasteiger partial charge in [0, 0.05) is 12.8 Å². The molecule has 0 saturated carbocycles. The summed E-state index contributed by atoms with van der Waals surface area (Å²) in [7, 11) is 1.44. The molecule has 0 aliphatic heterocycles. The normalized spacial score (nSPS) is 14.2. The molecule has 0 fully saturated rings. The lowest BCUT2D eigenvalue weighted by molar-refractivity contribution is -0.870. The van der Waals surface area contributed by atoms with Gasteiger partial charge in [-0.15, -0.1) is 0 Å². The molecule has 0 radical (unpaired) electrons. The minimum absolute atomic E-state index is 0.0205. The summed E-state index contributed by atoms with van der Waals surface area (Å²) < 4.78 is 34.3. The lowest BCUT2D eigenvalue weighted by Gasteiger charge is -2.24. The molecule has 0 heterocycles. The number of hydrogen-bond acceptors (Lipinski definition) is 7. The van der Waals surface area contributed by atoms with Gasteiger partial charge in [-0.1, -0.05) is 170 Å². The predicted molar refractivity (Wildman–Crippen MR) is 247 cm³/mol. The second kappa shape index (κ2) is 40.8. The number of likely N-dealkylation sites (N-methyl/N-ethyl adjacent to an activating group) is 1. The number of esters is 2. The van der Waals surface area contributed by atoms with Gasteiger partial charge >= 0.3 is 19.8 Å². The van der Waals surface area contributed by atoms with Gasteiger partial charge in [-0.05, 0) is 64.2 Å². The third kappa shape index (κ3) is 44.8. The first-order chi connectivity index (χ1) is 28.5. The van der Waals surface area contributed by atoms with Crippen molar-refractivity contribution in [1.82, 2.24) is 0 Å². The summed E-state index contributed by atoms with van der Waals surface area (Å²) in [6, 6.07) is 0. The van der Waals surface area contributed by atoms with Gasteiger partial charge in [-0.25, -0.2) is 4.57 Å². The molecular weight excluding hydrogens is 762 g/mol. The second-order valence-corrected chi connectivity index (χ2v) is 17.9. The van der Waals surface area contributed by atoms with Crippen molar-refractivity contribution in [2.75, 3.05) is 47.5 Å². The van der Waals surface area contributed by atoms with Crippen molar-refractivity contribution in [3.63, 3.8) is 0 Å². The third-order valence-corrected chi connectivity index (χ3v) is 10.5. The zero-order valence-corrected chi connectivity index (χ0v) is 39.1. The molecule has 1 N–H and O–H groups in total. The van der Waals surface area contributed by atoms with Crippen molar-refractivity contribution in [1.29, 1.82) is 0 Å². The molecule has 9 nitrogen and oxygen atoms in total. The Balaban J connectivity index is 4.43. The number of nitrogens with zero attached hydrogens (tertiary/aromatic N) is 1. The molecule has 59 heavy (non-hydrogen) atoms. The Bertz CT molecular complexity index is 1230. The number of allylic oxidation sites excluding steroid dienone is 12. The molecule has 0 rings (SSSR count). The van der Waals surface area contributed by atoms with Crippen LogP contribution in [0.3, 0.4) is 0 Å². The van der Waals surface area contributed by atoms with Crippen molar-refractivity contribution < 1.29 is 42.1 Å². The van der Waals surface area contributed by atoms with E-state index in [9.17, 15) is 19.0 Å². The third-order valence-electron chi connectivity index (χ3n) is 9.50. The van der Waals surface area contributed by atoms with E-state index in [2.05, 4.69) is 86.8 Å². The highest BCUT2D eigenvalue weighted by Crippen LogP contribution is 2.43. The summed E-state index contributed by atoms with van der Waals surface area (Å²) in [6.07, 6.45) is 50.9. The Morgan fingerprint density at radius 2 is 0.966 bits per heavy atom. The number of phosphoric acid groups is 1. The molecule has 0 aliphatic rings. The Morgan fingerprint density at radius 1 is 0.542 bits per heavy atom. The van der Waals surface area contributed by atoms with Gasteiger partial charge < -0.3 is 18.9 Å². The number of phosphoric ester groups is 1. The maximum atomic E-state index is 12.7. The molecule has 0 bridgehead atoms. The van der Waals surface area contributed by atoms with E-state index in [4.69, 9.17) is 18.5 Å². The molecule has 2 unspecified atom stereocenters. The average molecular weight is 849 g/mol. The number of carbonyl (C=O) groups is 2. The Labute approximate surface area is 361 Å². The number of rotatable bonds is 41. The molecule has 10 heteroatoms. The van der Waals surface area contributed by atoms with Gasteiger partial charge in [-0.3, -0.25) is 18.6 Å². The van der Waals surface area contributed by atoms with Gasteiger partial charge in [0.05, 0.1) is 27.7 Å². The molecule has 0 aromatic heterocycles. The highest BCUT2D eigenvalue weighted by atomic mass is 31.2. The zero-order chi connectivity index (χ0) is 43.6. The van der Waals surface area contributed by atoms with E-state index < -0.39 is 26.5 Å². The first kappa shape index (κ1) is 56.5. The molecule has 0 aliphatic carbocycles. The van der Waals surface area contributed by atoms with Crippen LogP contribution >= 0.6 is 7.82 Å². The minimum atomic E-state index is -4.39. The average Bonchev–Trinajstić information content (AvgIpc) is 3.19. The number of quaternary nitrogens is 1. The maximum absolute atomic E-state index is 12.7. The fourth-order valence-electron chi connectivity index (χ4n) is 5.90. The molecule has 2 atom stereocenters. The molecule has 340 valence electrons. The SMILES string of the molecule is CC/C=C\C/C=C\C/C=C\C/C=C\C/C=C\C/C=C\CCCCC(=O)OC(COC(=O)CCCCCCCCCCCCCCCC)COP(=O)(O)OCC[N+](C)(C)C. The zero-order valence-electron chi connectivity index (χ0n) is 38.2. The number of unbranched alkanes of at least 4 members (excludes halogenated alkanes) is 15. The number of hydrogen-bond donors (Lipinski definition) is 1. The van der Waals surface area contributed by atoms with Crippen molar-refractivity contribution >= 4 is 19.8 Å². The Kier molecular flexibility index (Phi) is 39.1. The summed E-state index contributed by atoms with van der Waals surface area (Å²) in [5.74, 6) is -0.851. The van der Waals surface area contributed by atoms with Crippen LogP contribution in [-0.2, 0) is 32.7 Å². The molecule has 0 aromatic rings. The van der Waals surface area contributed by atoms with Gasteiger partial charge in [0.1, 0.15) is 19.8 Å². The van der Waals surface area contributed by atoms with Crippen LogP contribution in [0.15, 0.2) is 72.9 Å². The summed E-state index contributed by atoms with van der Waals surface area (Å²) >= 11 is 0. The molecule has 0 spiro atoms. The summed E-state index contributed by atoms with van der Waals surface area (Å²) in [5, 5.41) is 0. The predicted octanol–water partition coefficient (Wildman–Crippen LogP) is 13.4. The summed E-state index contributed by atoms with van der Waals surface area (Å²) in [6.45, 7) is 4.25.